The molecule has 54 heavy (non-hydrogen) atoms. The summed E-state index contributed by atoms with van der Waals surface area (Å²) in [5.74, 6) is -0.652. The van der Waals surface area contributed by atoms with Crippen LogP contribution in [0.3, 0.4) is 0 Å². The van der Waals surface area contributed by atoms with Crippen molar-refractivity contribution < 1.29 is 28.3 Å². The molecule has 286 valence electrons. The van der Waals surface area contributed by atoms with Crippen molar-refractivity contribution in [1.82, 2.24) is 25.1 Å². The fourth-order valence-corrected chi connectivity index (χ4v) is 7.89. The van der Waals surface area contributed by atoms with Gasteiger partial charge in [-0.05, 0) is 76.4 Å². The number of carbonyl (C=O) groups excluding carboxylic acids is 4. The van der Waals surface area contributed by atoms with Gasteiger partial charge in [0.2, 0.25) is 5.91 Å². The molecule has 0 radical (unpaired) electrons. The van der Waals surface area contributed by atoms with Gasteiger partial charge in [0.05, 0.1) is 40.5 Å². The summed E-state index contributed by atoms with van der Waals surface area (Å²) in [5.41, 5.74) is 3.99. The van der Waals surface area contributed by atoms with E-state index in [1.54, 1.807) is 36.3 Å². The molecule has 4 heterocycles. The number of ether oxygens (including phenoxy) is 1. The number of aromatic amines is 1. The molecule has 2 aromatic carbocycles. The number of hydrogen-bond acceptors (Lipinski definition) is 8. The summed E-state index contributed by atoms with van der Waals surface area (Å²) in [6, 6.07) is 11.0. The Morgan fingerprint density at radius 2 is 1.96 bits per heavy atom. The van der Waals surface area contributed by atoms with Crippen LogP contribution in [-0.4, -0.2) is 90.7 Å². The Kier molecular flexibility index (Phi) is 12.2. The SMILES string of the molecule is CCC(c1[nH]c2cc(NC(=O)c3ccc(OCCC4CCN(c5cccc6c5CN(C(C=O)CCC(=O)NC)C6=O)CC4)cc3F)ncc2c1Cl)N(C)C. The van der Waals surface area contributed by atoms with Crippen molar-refractivity contribution in [1.29, 1.82) is 0 Å². The number of fused-ring (bicyclic) bond motifs is 2. The Labute approximate surface area is 319 Å². The number of amides is 3. The highest BCUT2D eigenvalue weighted by Crippen LogP contribution is 2.37. The first-order valence-electron chi connectivity index (χ1n) is 18.4. The van der Waals surface area contributed by atoms with E-state index in [1.807, 2.05) is 26.2 Å². The van der Waals surface area contributed by atoms with E-state index in [-0.39, 0.29) is 42.1 Å². The number of hydrogen-bond donors (Lipinski definition) is 3. The van der Waals surface area contributed by atoms with Crippen LogP contribution in [0.4, 0.5) is 15.9 Å². The minimum absolute atomic E-state index is 0.0902. The van der Waals surface area contributed by atoms with Gasteiger partial charge in [-0.2, -0.15) is 0 Å². The third-order valence-electron chi connectivity index (χ3n) is 10.6. The predicted octanol–water partition coefficient (Wildman–Crippen LogP) is 6.36. The lowest BCUT2D eigenvalue weighted by Gasteiger charge is -2.34. The van der Waals surface area contributed by atoms with E-state index in [9.17, 15) is 19.2 Å². The third kappa shape index (κ3) is 8.22. The number of carbonyl (C=O) groups is 4. The van der Waals surface area contributed by atoms with Crippen molar-refractivity contribution in [2.75, 3.05) is 51.1 Å². The lowest BCUT2D eigenvalue weighted by Crippen LogP contribution is -2.38. The molecule has 1 saturated heterocycles. The molecule has 0 spiro atoms. The molecule has 2 aliphatic rings. The molecule has 6 rings (SSSR count). The minimum Gasteiger partial charge on any atom is -0.493 e. The largest absolute Gasteiger partial charge is 0.493 e. The van der Waals surface area contributed by atoms with Crippen LogP contribution >= 0.6 is 11.6 Å². The molecule has 3 amide bonds. The second-order valence-corrected chi connectivity index (χ2v) is 14.5. The molecule has 2 unspecified atom stereocenters. The van der Waals surface area contributed by atoms with Crippen molar-refractivity contribution in [2.24, 2.45) is 5.92 Å². The van der Waals surface area contributed by atoms with Crippen molar-refractivity contribution in [3.05, 3.63) is 81.9 Å². The van der Waals surface area contributed by atoms with E-state index in [1.165, 1.54) is 12.1 Å². The van der Waals surface area contributed by atoms with Crippen molar-refractivity contribution in [3.63, 3.8) is 0 Å². The number of piperidine rings is 1. The standard InChI is InChI=1S/C40H47ClFN7O5/c1-5-33(47(3)4)38-37(41)29-21-44-35(20-32(29)45-38)46-39(52)28-11-10-26(19-31(28)42)54-18-15-24-13-16-48(17-14-24)34-8-6-7-27-30(34)22-49(40(27)53)25(23-50)9-12-36(51)43-2/h6-8,10-11,19-21,23-25,33,45H,5,9,12-18,22H2,1-4H3,(H,43,51)(H,44,46,52). The number of nitrogens with zero attached hydrogens (tertiary/aromatic N) is 4. The number of rotatable bonds is 15. The highest BCUT2D eigenvalue weighted by Gasteiger charge is 2.35. The summed E-state index contributed by atoms with van der Waals surface area (Å²) in [6.07, 6.45) is 6.28. The van der Waals surface area contributed by atoms with E-state index in [4.69, 9.17) is 16.3 Å². The molecule has 3 N–H and O–H groups in total. The van der Waals surface area contributed by atoms with Crippen LogP contribution in [0.25, 0.3) is 10.9 Å². The van der Waals surface area contributed by atoms with Gasteiger partial charge < -0.3 is 39.8 Å². The van der Waals surface area contributed by atoms with Crippen molar-refractivity contribution in [3.8, 4) is 5.75 Å². The van der Waals surface area contributed by atoms with E-state index in [2.05, 4.69) is 37.3 Å². The number of halogens is 2. The smallest absolute Gasteiger partial charge is 0.259 e. The molecule has 2 aliphatic heterocycles. The molecule has 0 aliphatic carbocycles. The molecule has 4 aromatic rings. The third-order valence-corrected chi connectivity index (χ3v) is 11.0. The zero-order valence-electron chi connectivity index (χ0n) is 31.1. The number of aldehydes is 1. The molecule has 1 fully saturated rings. The Bertz CT molecular complexity index is 2030. The van der Waals surface area contributed by atoms with Gasteiger partial charge in [-0.1, -0.05) is 24.6 Å². The first kappa shape index (κ1) is 38.7. The average Bonchev–Trinajstić information content (AvgIpc) is 3.67. The van der Waals surface area contributed by atoms with Gasteiger partial charge in [-0.15, -0.1) is 0 Å². The van der Waals surface area contributed by atoms with Gasteiger partial charge in [0.25, 0.3) is 11.8 Å². The van der Waals surface area contributed by atoms with Crippen LogP contribution < -0.4 is 20.3 Å². The summed E-state index contributed by atoms with van der Waals surface area (Å²) in [7, 11) is 5.52. The van der Waals surface area contributed by atoms with Gasteiger partial charge in [-0.25, -0.2) is 9.37 Å². The first-order valence-corrected chi connectivity index (χ1v) is 18.8. The van der Waals surface area contributed by atoms with Crippen molar-refractivity contribution in [2.45, 2.75) is 64.1 Å². The lowest BCUT2D eigenvalue weighted by atomic mass is 9.93. The van der Waals surface area contributed by atoms with Crippen LogP contribution in [0.2, 0.25) is 5.02 Å². The topological polar surface area (TPSA) is 140 Å². The maximum atomic E-state index is 15.1. The molecular formula is C40H47ClFN7O5. The lowest BCUT2D eigenvalue weighted by molar-refractivity contribution is -0.121. The Morgan fingerprint density at radius 1 is 1.19 bits per heavy atom. The maximum Gasteiger partial charge on any atom is 0.259 e. The molecule has 2 atom stereocenters. The van der Waals surface area contributed by atoms with Gasteiger partial charge >= 0.3 is 0 Å². The molecule has 14 heteroatoms. The summed E-state index contributed by atoms with van der Waals surface area (Å²) >= 11 is 6.65. The van der Waals surface area contributed by atoms with E-state index in [0.29, 0.717) is 35.4 Å². The van der Waals surface area contributed by atoms with Crippen molar-refractivity contribution >= 4 is 58.0 Å². The summed E-state index contributed by atoms with van der Waals surface area (Å²) in [6.45, 7) is 4.42. The minimum atomic E-state index is -0.695. The van der Waals surface area contributed by atoms with Gasteiger partial charge in [-0.3, -0.25) is 14.4 Å². The van der Waals surface area contributed by atoms with E-state index in [0.717, 1.165) is 72.9 Å². The molecule has 2 aromatic heterocycles. The highest BCUT2D eigenvalue weighted by molar-refractivity contribution is 6.36. The monoisotopic (exact) mass is 759 g/mol. The second-order valence-electron chi connectivity index (χ2n) is 14.2. The number of H-pyrrole nitrogens is 1. The maximum absolute atomic E-state index is 15.1. The molecule has 0 saturated carbocycles. The van der Waals surface area contributed by atoms with Crippen LogP contribution in [0.5, 0.6) is 5.75 Å². The molecular weight excluding hydrogens is 713 g/mol. The van der Waals surface area contributed by atoms with Crippen LogP contribution in [-0.2, 0) is 16.1 Å². The number of nitrogens with one attached hydrogen (secondary N) is 3. The Balaban J connectivity index is 0.992. The zero-order chi connectivity index (χ0) is 38.5. The molecule has 0 bridgehead atoms. The summed E-state index contributed by atoms with van der Waals surface area (Å²) < 4.78 is 21.0. The Morgan fingerprint density at radius 3 is 2.65 bits per heavy atom. The number of benzene rings is 2. The fourth-order valence-electron chi connectivity index (χ4n) is 7.57. The predicted molar refractivity (Wildman–Crippen MR) is 207 cm³/mol. The fraction of sp³-hybridized carbons (Fsp3) is 0.425. The number of anilines is 2. The zero-order valence-corrected chi connectivity index (χ0v) is 31.8. The normalized spacial score (nSPS) is 15.7. The Hall–Kier alpha value is -5.01. The van der Waals surface area contributed by atoms with E-state index >= 15 is 4.39 Å². The van der Waals surface area contributed by atoms with Crippen LogP contribution in [0, 0.1) is 11.7 Å². The second kappa shape index (κ2) is 17.0. The van der Waals surface area contributed by atoms with Gasteiger partial charge in [0, 0.05) is 73.6 Å². The first-order chi connectivity index (χ1) is 26.0. The van der Waals surface area contributed by atoms with Gasteiger partial charge in [0.1, 0.15) is 23.7 Å². The van der Waals surface area contributed by atoms with Crippen LogP contribution in [0.1, 0.15) is 83.5 Å². The number of aromatic nitrogens is 2. The van der Waals surface area contributed by atoms with Gasteiger partial charge in [0.15, 0.2) is 0 Å². The number of pyridine rings is 1. The van der Waals surface area contributed by atoms with Crippen LogP contribution in [0.15, 0.2) is 48.7 Å². The average molecular weight is 760 g/mol. The van der Waals surface area contributed by atoms with E-state index < -0.39 is 17.8 Å². The molecule has 12 nitrogen and oxygen atoms in total. The quantitative estimate of drug-likeness (QED) is 0.119. The summed E-state index contributed by atoms with van der Waals surface area (Å²) in [5, 5.41) is 6.58. The summed E-state index contributed by atoms with van der Waals surface area (Å²) in [4.78, 5) is 63.6. The highest BCUT2D eigenvalue weighted by atomic mass is 35.5.